The van der Waals surface area contributed by atoms with Crippen LogP contribution in [0.4, 0.5) is 0 Å². The Bertz CT molecular complexity index is 1070. The molecule has 0 amide bonds. The quantitative estimate of drug-likeness (QED) is 0.543. The Labute approximate surface area is 136 Å². The molecular formula is C18H13N3O3. The summed E-state index contributed by atoms with van der Waals surface area (Å²) < 4.78 is 12.0. The molecule has 0 atom stereocenters. The predicted octanol–water partition coefficient (Wildman–Crippen LogP) is 3.05. The predicted molar refractivity (Wildman–Crippen MR) is 89.4 cm³/mol. The Morgan fingerprint density at radius 3 is 2.71 bits per heavy atom. The van der Waals surface area contributed by atoms with Gasteiger partial charge in [0.1, 0.15) is 17.0 Å². The molecular weight excluding hydrogens is 306 g/mol. The van der Waals surface area contributed by atoms with Crippen LogP contribution in [0.25, 0.3) is 27.9 Å². The van der Waals surface area contributed by atoms with Crippen LogP contribution in [0.2, 0.25) is 0 Å². The number of fused-ring (bicyclic) bond motifs is 1. The minimum Gasteiger partial charge on any atom is -0.497 e. The van der Waals surface area contributed by atoms with Crippen molar-refractivity contribution in [2.24, 2.45) is 0 Å². The number of rotatable bonds is 3. The molecule has 6 nitrogen and oxygen atoms in total. The summed E-state index contributed by atoms with van der Waals surface area (Å²) in [7, 11) is 1.59. The maximum atomic E-state index is 12.2. The zero-order valence-corrected chi connectivity index (χ0v) is 12.8. The Morgan fingerprint density at radius 2 is 1.92 bits per heavy atom. The summed E-state index contributed by atoms with van der Waals surface area (Å²) >= 11 is 0. The average Bonchev–Trinajstić information content (AvgIpc) is 3.11. The van der Waals surface area contributed by atoms with Gasteiger partial charge in [-0.25, -0.2) is 9.48 Å². The fourth-order valence-corrected chi connectivity index (χ4v) is 2.50. The Morgan fingerprint density at radius 1 is 1.08 bits per heavy atom. The number of hydrogen-bond donors (Lipinski definition) is 0. The minimum atomic E-state index is -0.475. The lowest BCUT2D eigenvalue weighted by Crippen LogP contribution is -2.10. The van der Waals surface area contributed by atoms with Gasteiger partial charge in [-0.05, 0) is 24.3 Å². The minimum absolute atomic E-state index is 0.297. The van der Waals surface area contributed by atoms with Crippen molar-refractivity contribution in [3.63, 3.8) is 0 Å². The molecule has 0 saturated heterocycles. The standard InChI is InChI=1S/C18H13N3O3/c1-23-14-7-8-17-13(9-14)10-16(18(22)24-17)21-11-15(19-20-21)12-5-3-2-4-6-12/h2-11H,1H3. The summed E-state index contributed by atoms with van der Waals surface area (Å²) in [6.45, 7) is 0. The molecule has 0 spiro atoms. The first-order valence-corrected chi connectivity index (χ1v) is 7.34. The van der Waals surface area contributed by atoms with Crippen molar-refractivity contribution in [1.29, 1.82) is 0 Å². The second-order valence-corrected chi connectivity index (χ2v) is 5.24. The number of ether oxygens (including phenoxy) is 1. The Balaban J connectivity index is 1.83. The number of aromatic nitrogens is 3. The SMILES string of the molecule is COc1ccc2oc(=O)c(-n3cc(-c4ccccc4)nn3)cc2c1. The van der Waals surface area contributed by atoms with E-state index in [0.717, 1.165) is 10.9 Å². The second kappa shape index (κ2) is 5.66. The van der Waals surface area contributed by atoms with Gasteiger partial charge in [-0.15, -0.1) is 5.10 Å². The van der Waals surface area contributed by atoms with E-state index in [-0.39, 0.29) is 0 Å². The summed E-state index contributed by atoms with van der Waals surface area (Å²) in [5.41, 5.74) is 1.92. The van der Waals surface area contributed by atoms with Crippen LogP contribution in [0.15, 0.2) is 70.0 Å². The number of methoxy groups -OCH3 is 1. The van der Waals surface area contributed by atoms with Crippen molar-refractivity contribution in [1.82, 2.24) is 15.0 Å². The van der Waals surface area contributed by atoms with E-state index in [1.807, 2.05) is 30.3 Å². The molecule has 0 radical (unpaired) electrons. The van der Waals surface area contributed by atoms with E-state index in [2.05, 4.69) is 10.3 Å². The van der Waals surface area contributed by atoms with E-state index in [1.165, 1.54) is 4.68 Å². The van der Waals surface area contributed by atoms with Gasteiger partial charge in [0.25, 0.3) is 0 Å². The highest BCUT2D eigenvalue weighted by Gasteiger charge is 2.11. The molecule has 0 N–H and O–H groups in total. The highest BCUT2D eigenvalue weighted by Crippen LogP contribution is 2.22. The van der Waals surface area contributed by atoms with Crippen molar-refractivity contribution in [2.75, 3.05) is 7.11 Å². The number of nitrogens with zero attached hydrogens (tertiary/aromatic N) is 3. The molecule has 118 valence electrons. The van der Waals surface area contributed by atoms with Gasteiger partial charge in [-0.3, -0.25) is 0 Å². The van der Waals surface area contributed by atoms with Crippen molar-refractivity contribution in [3.8, 4) is 22.7 Å². The Hall–Kier alpha value is -3.41. The second-order valence-electron chi connectivity index (χ2n) is 5.24. The highest BCUT2D eigenvalue weighted by molar-refractivity contribution is 5.79. The van der Waals surface area contributed by atoms with Crippen molar-refractivity contribution in [3.05, 3.63) is 71.2 Å². The molecule has 0 fully saturated rings. The van der Waals surface area contributed by atoms with E-state index in [4.69, 9.17) is 9.15 Å². The first-order chi connectivity index (χ1) is 11.7. The number of hydrogen-bond acceptors (Lipinski definition) is 5. The molecule has 2 heterocycles. The Kier molecular flexibility index (Phi) is 3.35. The molecule has 0 aliphatic heterocycles. The molecule has 0 aliphatic carbocycles. The zero-order valence-electron chi connectivity index (χ0n) is 12.8. The van der Waals surface area contributed by atoms with Gasteiger partial charge in [-0.2, -0.15) is 0 Å². The van der Waals surface area contributed by atoms with Crippen molar-refractivity contribution >= 4 is 11.0 Å². The lowest BCUT2D eigenvalue weighted by molar-refractivity contribution is 0.415. The normalized spacial score (nSPS) is 10.9. The van der Waals surface area contributed by atoms with E-state index in [9.17, 15) is 4.79 Å². The molecule has 0 saturated carbocycles. The zero-order chi connectivity index (χ0) is 16.5. The monoisotopic (exact) mass is 319 g/mol. The van der Waals surface area contributed by atoms with Crippen LogP contribution in [-0.4, -0.2) is 22.1 Å². The first-order valence-electron chi connectivity index (χ1n) is 7.34. The fraction of sp³-hybridized carbons (Fsp3) is 0.0556. The molecule has 4 aromatic rings. The molecule has 6 heteroatoms. The van der Waals surface area contributed by atoms with Gasteiger partial charge in [-0.1, -0.05) is 35.5 Å². The van der Waals surface area contributed by atoms with Crippen LogP contribution in [0.1, 0.15) is 0 Å². The summed E-state index contributed by atoms with van der Waals surface area (Å²) in [4.78, 5) is 12.2. The van der Waals surface area contributed by atoms with E-state index >= 15 is 0 Å². The molecule has 0 unspecified atom stereocenters. The van der Waals surface area contributed by atoms with Gasteiger partial charge in [0.05, 0.1) is 13.3 Å². The van der Waals surface area contributed by atoms with Crippen LogP contribution in [-0.2, 0) is 0 Å². The summed E-state index contributed by atoms with van der Waals surface area (Å²) in [6, 6.07) is 16.6. The topological polar surface area (TPSA) is 70.2 Å². The largest absolute Gasteiger partial charge is 0.497 e. The van der Waals surface area contributed by atoms with Gasteiger partial charge in [0, 0.05) is 10.9 Å². The molecule has 0 aliphatic rings. The van der Waals surface area contributed by atoms with Crippen LogP contribution < -0.4 is 10.4 Å². The maximum Gasteiger partial charge on any atom is 0.362 e. The summed E-state index contributed by atoms with van der Waals surface area (Å²) in [5, 5.41) is 8.92. The van der Waals surface area contributed by atoms with E-state index in [1.54, 1.807) is 37.6 Å². The van der Waals surface area contributed by atoms with Crippen LogP contribution >= 0.6 is 0 Å². The van der Waals surface area contributed by atoms with Gasteiger partial charge >= 0.3 is 5.63 Å². The van der Waals surface area contributed by atoms with Crippen LogP contribution in [0, 0.1) is 0 Å². The molecule has 2 aromatic carbocycles. The lowest BCUT2D eigenvalue weighted by Gasteiger charge is -2.03. The molecule has 4 rings (SSSR count). The molecule has 2 aromatic heterocycles. The molecule has 0 bridgehead atoms. The fourth-order valence-electron chi connectivity index (χ4n) is 2.50. The number of benzene rings is 2. The van der Waals surface area contributed by atoms with Crippen LogP contribution in [0.5, 0.6) is 5.75 Å². The third-order valence-electron chi connectivity index (χ3n) is 3.73. The van der Waals surface area contributed by atoms with E-state index < -0.39 is 5.63 Å². The third-order valence-corrected chi connectivity index (χ3v) is 3.73. The van der Waals surface area contributed by atoms with Crippen molar-refractivity contribution in [2.45, 2.75) is 0 Å². The summed E-state index contributed by atoms with van der Waals surface area (Å²) in [6.07, 6.45) is 1.70. The summed E-state index contributed by atoms with van der Waals surface area (Å²) in [5.74, 6) is 0.686. The molecule has 24 heavy (non-hydrogen) atoms. The lowest BCUT2D eigenvalue weighted by atomic mass is 10.2. The highest BCUT2D eigenvalue weighted by atomic mass is 16.5. The van der Waals surface area contributed by atoms with Gasteiger partial charge in [0.2, 0.25) is 0 Å². The van der Waals surface area contributed by atoms with Gasteiger partial charge < -0.3 is 9.15 Å². The third kappa shape index (κ3) is 2.44. The first kappa shape index (κ1) is 14.2. The van der Waals surface area contributed by atoms with Crippen molar-refractivity contribution < 1.29 is 9.15 Å². The van der Waals surface area contributed by atoms with E-state index in [0.29, 0.717) is 22.7 Å². The van der Waals surface area contributed by atoms with Gasteiger partial charge in [0.15, 0.2) is 5.69 Å². The smallest absolute Gasteiger partial charge is 0.362 e. The maximum absolute atomic E-state index is 12.2. The van der Waals surface area contributed by atoms with Crippen LogP contribution in [0.3, 0.4) is 0 Å². The average molecular weight is 319 g/mol.